The fourth-order valence-corrected chi connectivity index (χ4v) is 4.08. The van der Waals surface area contributed by atoms with Crippen LogP contribution in [0.4, 0.5) is 0 Å². The minimum absolute atomic E-state index is 0.281. The zero-order chi connectivity index (χ0) is 19.0. The largest absolute Gasteiger partial charge is 0.478 e. The number of aryl methyl sites for hydroxylation is 2. The van der Waals surface area contributed by atoms with Gasteiger partial charge in [0.1, 0.15) is 5.82 Å². The van der Waals surface area contributed by atoms with Gasteiger partial charge in [-0.1, -0.05) is 0 Å². The van der Waals surface area contributed by atoms with Gasteiger partial charge in [0.05, 0.1) is 28.8 Å². The number of aromatic carboxylic acids is 1. The predicted molar refractivity (Wildman–Crippen MR) is 103 cm³/mol. The van der Waals surface area contributed by atoms with E-state index in [1.807, 2.05) is 24.0 Å². The molecule has 4 rings (SSSR count). The number of benzene rings is 1. The van der Waals surface area contributed by atoms with Crippen molar-refractivity contribution in [1.82, 2.24) is 24.2 Å². The maximum atomic E-state index is 11.2. The summed E-state index contributed by atoms with van der Waals surface area (Å²) in [5, 5.41) is 13.8. The monoisotopic (exact) mass is 367 g/mol. The van der Waals surface area contributed by atoms with Gasteiger partial charge in [-0.05, 0) is 50.6 Å². The zero-order valence-corrected chi connectivity index (χ0v) is 15.8. The lowest BCUT2D eigenvalue weighted by Gasteiger charge is -2.31. The number of hydrogen-bond acceptors (Lipinski definition) is 4. The lowest BCUT2D eigenvalue weighted by atomic mass is 9.95. The molecule has 1 fully saturated rings. The fourth-order valence-electron chi connectivity index (χ4n) is 4.08. The van der Waals surface area contributed by atoms with Gasteiger partial charge in [-0.2, -0.15) is 5.10 Å². The molecule has 0 radical (unpaired) electrons. The van der Waals surface area contributed by atoms with Gasteiger partial charge in [0, 0.05) is 32.3 Å². The van der Waals surface area contributed by atoms with Crippen molar-refractivity contribution in [1.29, 1.82) is 0 Å². The third-order valence-electron chi connectivity index (χ3n) is 5.41. The molecule has 7 heteroatoms. The molecule has 0 saturated carbocycles. The number of aromatic nitrogens is 4. The Morgan fingerprint density at radius 3 is 2.89 bits per heavy atom. The molecule has 1 atom stereocenters. The Bertz CT molecular complexity index is 974. The van der Waals surface area contributed by atoms with Crippen LogP contribution in [0, 0.1) is 0 Å². The number of rotatable bonds is 5. The van der Waals surface area contributed by atoms with E-state index in [0.717, 1.165) is 55.2 Å². The van der Waals surface area contributed by atoms with Gasteiger partial charge in [-0.15, -0.1) is 0 Å². The Balaban J connectivity index is 1.57. The van der Waals surface area contributed by atoms with Gasteiger partial charge < -0.3 is 9.67 Å². The van der Waals surface area contributed by atoms with Gasteiger partial charge in [-0.25, -0.2) is 9.78 Å². The van der Waals surface area contributed by atoms with Crippen molar-refractivity contribution in [2.24, 2.45) is 7.05 Å². The molecule has 0 amide bonds. The third-order valence-corrected chi connectivity index (χ3v) is 5.41. The van der Waals surface area contributed by atoms with Crippen LogP contribution in [0.25, 0.3) is 11.0 Å². The van der Waals surface area contributed by atoms with E-state index in [0.29, 0.717) is 5.92 Å². The van der Waals surface area contributed by atoms with Gasteiger partial charge in [0.15, 0.2) is 0 Å². The van der Waals surface area contributed by atoms with Crippen LogP contribution >= 0.6 is 0 Å². The molecule has 1 aliphatic heterocycles. The van der Waals surface area contributed by atoms with Gasteiger partial charge in [0.25, 0.3) is 0 Å². The van der Waals surface area contributed by atoms with E-state index in [1.54, 1.807) is 12.1 Å². The summed E-state index contributed by atoms with van der Waals surface area (Å²) in [7, 11) is 1.96. The fraction of sp³-hybridized carbons (Fsp3) is 0.450. The lowest BCUT2D eigenvalue weighted by molar-refractivity contribution is 0.0697. The molecule has 3 aromatic rings. The maximum absolute atomic E-state index is 11.2. The van der Waals surface area contributed by atoms with Crippen molar-refractivity contribution in [3.63, 3.8) is 0 Å². The van der Waals surface area contributed by atoms with Crippen LogP contribution < -0.4 is 0 Å². The first-order valence-electron chi connectivity index (χ1n) is 9.49. The van der Waals surface area contributed by atoms with Crippen molar-refractivity contribution in [2.45, 2.75) is 38.8 Å². The first kappa shape index (κ1) is 17.7. The molecule has 1 aromatic carbocycles. The number of likely N-dealkylation sites (tertiary alicyclic amines) is 1. The number of nitrogens with zero attached hydrogens (tertiary/aromatic N) is 5. The Morgan fingerprint density at radius 1 is 1.33 bits per heavy atom. The van der Waals surface area contributed by atoms with E-state index in [4.69, 9.17) is 4.98 Å². The summed E-state index contributed by atoms with van der Waals surface area (Å²) in [6.07, 6.45) is 4.32. The summed E-state index contributed by atoms with van der Waals surface area (Å²) in [6.45, 7) is 5.72. The van der Waals surface area contributed by atoms with Crippen molar-refractivity contribution in [3.8, 4) is 0 Å². The summed E-state index contributed by atoms with van der Waals surface area (Å²) in [5.41, 5.74) is 3.20. The number of carboxylic acids is 1. The number of imidazole rings is 1. The third kappa shape index (κ3) is 3.47. The van der Waals surface area contributed by atoms with Crippen molar-refractivity contribution < 1.29 is 9.90 Å². The van der Waals surface area contributed by atoms with E-state index in [2.05, 4.69) is 27.6 Å². The smallest absolute Gasteiger partial charge is 0.335 e. The van der Waals surface area contributed by atoms with E-state index in [-0.39, 0.29) is 5.56 Å². The van der Waals surface area contributed by atoms with Crippen LogP contribution in [0.15, 0.2) is 30.5 Å². The number of carboxylic acid groups (broad SMARTS) is 1. The first-order valence-corrected chi connectivity index (χ1v) is 9.49. The molecular weight excluding hydrogens is 342 g/mol. The molecule has 2 aromatic heterocycles. The summed E-state index contributed by atoms with van der Waals surface area (Å²) in [4.78, 5) is 18.4. The summed E-state index contributed by atoms with van der Waals surface area (Å²) >= 11 is 0. The second-order valence-electron chi connectivity index (χ2n) is 7.27. The average Bonchev–Trinajstić information content (AvgIpc) is 3.24. The van der Waals surface area contributed by atoms with E-state index in [1.165, 1.54) is 6.42 Å². The quantitative estimate of drug-likeness (QED) is 0.750. The SMILES string of the molecule is CCn1c(CN2CCCC(c3ccn(C)n3)C2)nc2cc(C(=O)O)ccc21. The summed E-state index contributed by atoms with van der Waals surface area (Å²) in [6, 6.07) is 7.30. The second kappa shape index (κ2) is 7.15. The molecule has 1 aliphatic rings. The predicted octanol–water partition coefficient (Wildman–Crippen LogP) is 2.87. The average molecular weight is 367 g/mol. The first-order chi connectivity index (χ1) is 13.0. The highest BCUT2D eigenvalue weighted by molar-refractivity contribution is 5.92. The maximum Gasteiger partial charge on any atom is 0.335 e. The molecule has 142 valence electrons. The Hall–Kier alpha value is -2.67. The Morgan fingerprint density at radius 2 is 2.19 bits per heavy atom. The van der Waals surface area contributed by atoms with Crippen molar-refractivity contribution in [2.75, 3.05) is 13.1 Å². The highest BCUT2D eigenvalue weighted by Crippen LogP contribution is 2.27. The topological polar surface area (TPSA) is 76.2 Å². The molecule has 0 aliphatic carbocycles. The van der Waals surface area contributed by atoms with E-state index >= 15 is 0 Å². The minimum atomic E-state index is -0.918. The van der Waals surface area contributed by atoms with Crippen LogP contribution in [-0.4, -0.2) is 48.4 Å². The van der Waals surface area contributed by atoms with Gasteiger partial charge in [0.2, 0.25) is 0 Å². The number of fused-ring (bicyclic) bond motifs is 1. The van der Waals surface area contributed by atoms with Crippen LogP contribution in [0.1, 0.15) is 47.6 Å². The van der Waals surface area contributed by atoms with Crippen LogP contribution in [-0.2, 0) is 20.1 Å². The second-order valence-corrected chi connectivity index (χ2v) is 7.27. The summed E-state index contributed by atoms with van der Waals surface area (Å²) in [5.74, 6) is 0.536. The summed E-state index contributed by atoms with van der Waals surface area (Å²) < 4.78 is 4.05. The van der Waals surface area contributed by atoms with Gasteiger partial charge >= 0.3 is 5.97 Å². The highest BCUT2D eigenvalue weighted by Gasteiger charge is 2.24. The minimum Gasteiger partial charge on any atom is -0.478 e. The molecule has 0 spiro atoms. The Kier molecular flexibility index (Phi) is 4.70. The van der Waals surface area contributed by atoms with E-state index in [9.17, 15) is 9.90 Å². The number of hydrogen-bond donors (Lipinski definition) is 1. The Labute approximate surface area is 158 Å². The standard InChI is InChI=1S/C20H25N5O2/c1-3-25-18-7-6-14(20(26)27)11-17(18)21-19(25)13-24-9-4-5-15(12-24)16-8-10-23(2)22-16/h6-8,10-11,15H,3-5,9,12-13H2,1-2H3,(H,26,27). The molecule has 1 N–H and O–H groups in total. The highest BCUT2D eigenvalue weighted by atomic mass is 16.4. The van der Waals surface area contributed by atoms with E-state index < -0.39 is 5.97 Å². The molecule has 3 heterocycles. The molecule has 1 unspecified atom stereocenters. The molecule has 27 heavy (non-hydrogen) atoms. The van der Waals surface area contributed by atoms with Crippen molar-refractivity contribution >= 4 is 17.0 Å². The normalized spacial score (nSPS) is 18.2. The van der Waals surface area contributed by atoms with Crippen LogP contribution in [0.5, 0.6) is 0 Å². The number of carbonyl (C=O) groups is 1. The molecule has 0 bridgehead atoms. The van der Waals surface area contributed by atoms with Gasteiger partial charge in [-0.3, -0.25) is 9.58 Å². The van der Waals surface area contributed by atoms with Crippen LogP contribution in [0.3, 0.4) is 0 Å². The molecule has 7 nitrogen and oxygen atoms in total. The molecular formula is C20H25N5O2. The number of piperidine rings is 1. The van der Waals surface area contributed by atoms with Crippen LogP contribution in [0.2, 0.25) is 0 Å². The molecule has 1 saturated heterocycles. The lowest BCUT2D eigenvalue weighted by Crippen LogP contribution is -2.35. The van der Waals surface area contributed by atoms with Crippen molar-refractivity contribution in [3.05, 3.63) is 47.5 Å². The zero-order valence-electron chi connectivity index (χ0n) is 15.8.